The van der Waals surface area contributed by atoms with E-state index in [9.17, 15) is 0 Å². The van der Waals surface area contributed by atoms with Gasteiger partial charge in [-0.05, 0) is 71.5 Å². The predicted octanol–water partition coefficient (Wildman–Crippen LogP) is 7.63. The van der Waals surface area contributed by atoms with Crippen LogP contribution >= 0.6 is 0 Å². The van der Waals surface area contributed by atoms with Gasteiger partial charge < -0.3 is 9.97 Å². The smallest absolute Gasteiger partial charge is 0.0460 e. The third-order valence-electron chi connectivity index (χ3n) is 5.55. The Kier molecular flexibility index (Phi) is 4.61. The van der Waals surface area contributed by atoms with E-state index in [1.165, 1.54) is 44.5 Å². The van der Waals surface area contributed by atoms with Crippen LogP contribution in [0.3, 0.4) is 0 Å². The van der Waals surface area contributed by atoms with Crippen LogP contribution in [0.4, 0.5) is 0 Å². The Bertz CT molecular complexity index is 1220. The Morgan fingerprint density at radius 3 is 1.43 bits per heavy atom. The molecule has 0 unspecified atom stereocenters. The van der Waals surface area contributed by atoms with E-state index in [-0.39, 0.29) is 0 Å². The number of hydrogen-bond donors (Lipinski definition) is 2. The van der Waals surface area contributed by atoms with Crippen LogP contribution in [-0.2, 0) is 0 Å². The van der Waals surface area contributed by atoms with E-state index in [4.69, 9.17) is 0 Å². The molecule has 2 nitrogen and oxygen atoms in total. The zero-order valence-corrected chi connectivity index (χ0v) is 17.2. The fourth-order valence-corrected chi connectivity index (χ4v) is 3.96. The average Bonchev–Trinajstić information content (AvgIpc) is 3.44. The Morgan fingerprint density at radius 2 is 0.867 bits per heavy atom. The van der Waals surface area contributed by atoms with Crippen molar-refractivity contribution in [2.75, 3.05) is 0 Å². The molecule has 30 heavy (non-hydrogen) atoms. The molecule has 0 aliphatic rings. The summed E-state index contributed by atoms with van der Waals surface area (Å²) in [5.74, 6) is 0. The number of nitrogens with one attached hydrogen (secondary N) is 2. The molecular formula is C28H24N2. The maximum atomic E-state index is 3.45. The molecule has 0 fully saturated rings. The van der Waals surface area contributed by atoms with E-state index >= 15 is 0 Å². The molecule has 2 heteroatoms. The molecule has 2 aromatic heterocycles. The summed E-state index contributed by atoms with van der Waals surface area (Å²) in [6.45, 7) is 4.25. The Hall–Kier alpha value is -3.78. The number of rotatable bonds is 4. The van der Waals surface area contributed by atoms with E-state index in [1.54, 1.807) is 0 Å². The Morgan fingerprint density at radius 1 is 0.433 bits per heavy atom. The fourth-order valence-electron chi connectivity index (χ4n) is 3.96. The van der Waals surface area contributed by atoms with E-state index < -0.39 is 0 Å². The number of aromatic nitrogens is 2. The first kappa shape index (κ1) is 18.3. The molecule has 0 saturated heterocycles. The van der Waals surface area contributed by atoms with Crippen molar-refractivity contribution in [1.82, 2.24) is 9.97 Å². The van der Waals surface area contributed by atoms with E-state index in [0.29, 0.717) is 0 Å². The number of aryl methyl sites for hydroxylation is 2. The molecule has 3 aromatic carbocycles. The van der Waals surface area contributed by atoms with Gasteiger partial charge in [-0.1, -0.05) is 71.8 Å². The van der Waals surface area contributed by atoms with Crippen LogP contribution in [0.5, 0.6) is 0 Å². The molecule has 0 saturated carbocycles. The van der Waals surface area contributed by atoms with E-state index in [0.717, 1.165) is 11.4 Å². The van der Waals surface area contributed by atoms with Crippen molar-refractivity contribution >= 4 is 0 Å². The molecule has 2 N–H and O–H groups in total. The molecule has 5 aromatic rings. The maximum absolute atomic E-state index is 3.45. The highest BCUT2D eigenvalue weighted by Crippen LogP contribution is 2.31. The van der Waals surface area contributed by atoms with Crippen LogP contribution < -0.4 is 0 Å². The summed E-state index contributed by atoms with van der Waals surface area (Å²) in [5.41, 5.74) is 12.0. The predicted molar refractivity (Wildman–Crippen MR) is 126 cm³/mol. The van der Waals surface area contributed by atoms with Crippen LogP contribution in [0.1, 0.15) is 11.1 Å². The molecule has 0 atom stereocenters. The summed E-state index contributed by atoms with van der Waals surface area (Å²) in [7, 11) is 0. The van der Waals surface area contributed by atoms with Gasteiger partial charge in [0.05, 0.1) is 0 Å². The van der Waals surface area contributed by atoms with Gasteiger partial charge in [-0.15, -0.1) is 0 Å². The highest BCUT2D eigenvalue weighted by molar-refractivity contribution is 5.77. The van der Waals surface area contributed by atoms with Crippen molar-refractivity contribution in [1.29, 1.82) is 0 Å². The molecule has 146 valence electrons. The molecule has 0 aliphatic carbocycles. The van der Waals surface area contributed by atoms with Crippen LogP contribution in [0.15, 0.2) is 97.3 Å². The molecule has 0 radical (unpaired) electrons. The number of H-pyrrole nitrogens is 2. The summed E-state index contributed by atoms with van der Waals surface area (Å²) in [6.07, 6.45) is 4.17. The van der Waals surface area contributed by atoms with Gasteiger partial charge in [0.15, 0.2) is 0 Å². The summed E-state index contributed by atoms with van der Waals surface area (Å²) >= 11 is 0. The molecule has 0 aliphatic heterocycles. The van der Waals surface area contributed by atoms with Gasteiger partial charge in [-0.2, -0.15) is 0 Å². The molecule has 5 rings (SSSR count). The SMILES string of the molecule is Cc1cccc(-c2c[nH]c(-c3cccc(-c4c[nH]c(-c5cccc(C)c5)c4)c3)c2)c1. The highest BCUT2D eigenvalue weighted by Gasteiger charge is 2.08. The normalized spacial score (nSPS) is 11.0. The number of benzene rings is 3. The zero-order valence-electron chi connectivity index (χ0n) is 17.2. The molecule has 2 heterocycles. The lowest BCUT2D eigenvalue weighted by molar-refractivity contribution is 1.38. The lowest BCUT2D eigenvalue weighted by Gasteiger charge is -2.03. The molecule has 0 bridgehead atoms. The fraction of sp³-hybridized carbons (Fsp3) is 0.0714. The minimum absolute atomic E-state index is 1.13. The van der Waals surface area contributed by atoms with Crippen LogP contribution in [-0.4, -0.2) is 9.97 Å². The lowest BCUT2D eigenvalue weighted by atomic mass is 10.0. The monoisotopic (exact) mass is 388 g/mol. The van der Waals surface area contributed by atoms with Gasteiger partial charge >= 0.3 is 0 Å². The summed E-state index contributed by atoms with van der Waals surface area (Å²) < 4.78 is 0. The van der Waals surface area contributed by atoms with Crippen molar-refractivity contribution < 1.29 is 0 Å². The first-order chi connectivity index (χ1) is 14.7. The van der Waals surface area contributed by atoms with Gasteiger partial charge in [0.25, 0.3) is 0 Å². The van der Waals surface area contributed by atoms with Gasteiger partial charge in [0.1, 0.15) is 0 Å². The number of hydrogen-bond acceptors (Lipinski definition) is 0. The van der Waals surface area contributed by atoms with Crippen molar-refractivity contribution in [2.24, 2.45) is 0 Å². The Balaban J connectivity index is 1.46. The second-order valence-corrected chi connectivity index (χ2v) is 7.92. The van der Waals surface area contributed by atoms with Gasteiger partial charge in [0, 0.05) is 23.8 Å². The van der Waals surface area contributed by atoms with Crippen LogP contribution in [0, 0.1) is 13.8 Å². The summed E-state index contributed by atoms with van der Waals surface area (Å²) in [4.78, 5) is 6.88. The van der Waals surface area contributed by atoms with Crippen molar-refractivity contribution in [2.45, 2.75) is 13.8 Å². The standard InChI is InChI=1S/C28H24N2/c1-19-6-3-8-21(12-19)25-15-28(30-17-25)24-11-5-9-22(14-24)26-16-27(29-18-26)23-10-4-7-20(2)13-23/h3-18,29-30H,1-2H3. The second-order valence-electron chi connectivity index (χ2n) is 7.92. The maximum Gasteiger partial charge on any atom is 0.0460 e. The summed E-state index contributed by atoms with van der Waals surface area (Å²) in [6, 6.07) is 30.3. The minimum Gasteiger partial charge on any atom is -0.361 e. The van der Waals surface area contributed by atoms with E-state index in [1.807, 2.05) is 0 Å². The lowest BCUT2D eigenvalue weighted by Crippen LogP contribution is -1.80. The first-order valence-electron chi connectivity index (χ1n) is 10.3. The first-order valence-corrected chi connectivity index (χ1v) is 10.3. The molecule has 0 spiro atoms. The average molecular weight is 389 g/mol. The largest absolute Gasteiger partial charge is 0.361 e. The second kappa shape index (κ2) is 7.57. The van der Waals surface area contributed by atoms with Gasteiger partial charge in [-0.3, -0.25) is 0 Å². The molecule has 0 amide bonds. The zero-order chi connectivity index (χ0) is 20.5. The third-order valence-corrected chi connectivity index (χ3v) is 5.55. The molecular weight excluding hydrogens is 364 g/mol. The summed E-state index contributed by atoms with van der Waals surface area (Å²) in [5, 5.41) is 0. The van der Waals surface area contributed by atoms with Gasteiger partial charge in [-0.25, -0.2) is 0 Å². The Labute approximate surface area is 177 Å². The quantitative estimate of drug-likeness (QED) is 0.317. The van der Waals surface area contributed by atoms with Crippen molar-refractivity contribution in [3.05, 3.63) is 108 Å². The van der Waals surface area contributed by atoms with Crippen LogP contribution in [0.2, 0.25) is 0 Å². The highest BCUT2D eigenvalue weighted by atomic mass is 14.7. The van der Waals surface area contributed by atoms with Crippen LogP contribution in [0.25, 0.3) is 44.8 Å². The minimum atomic E-state index is 1.13. The van der Waals surface area contributed by atoms with Crippen molar-refractivity contribution in [3.63, 3.8) is 0 Å². The van der Waals surface area contributed by atoms with Crippen molar-refractivity contribution in [3.8, 4) is 44.8 Å². The van der Waals surface area contributed by atoms with Gasteiger partial charge in [0.2, 0.25) is 0 Å². The number of aromatic amines is 2. The third kappa shape index (κ3) is 3.60. The topological polar surface area (TPSA) is 31.6 Å². The van der Waals surface area contributed by atoms with E-state index in [2.05, 4.69) is 121 Å².